The molecule has 0 atom stereocenters. The van der Waals surface area contributed by atoms with E-state index in [0.717, 1.165) is 0 Å². The molecule has 4 heteroatoms. The highest BCUT2D eigenvalue weighted by molar-refractivity contribution is 7.60. The third-order valence-corrected chi connectivity index (χ3v) is 10.8. The molecule has 0 heterocycles. The Morgan fingerprint density at radius 2 is 0.917 bits per heavy atom. The molecule has 0 aliphatic heterocycles. The molecule has 0 aliphatic carbocycles. The second-order valence-electron chi connectivity index (χ2n) is 6.21. The fraction of sp³-hybridized carbons (Fsp3) is 0.100. The monoisotopic (exact) mass is 349 g/mol. The van der Waals surface area contributed by atoms with Crippen LogP contribution in [0, 0.1) is 0 Å². The van der Waals surface area contributed by atoms with Crippen molar-refractivity contribution in [1.82, 2.24) is 4.81 Å². The second-order valence-corrected chi connectivity index (χ2v) is 10.9. The third kappa shape index (κ3) is 2.95. The summed E-state index contributed by atoms with van der Waals surface area (Å²) in [6, 6.07) is 32.2. The molecule has 3 aromatic carbocycles. The Bertz CT molecular complexity index is 669. The summed E-state index contributed by atoms with van der Waals surface area (Å²) >= 11 is 7.13. The molecular formula is C20H21BClNSi. The SMILES string of the molecule is CN(C)B(Cl)[Si](c1ccccc1)(c1ccccc1)c1ccccc1. The summed E-state index contributed by atoms with van der Waals surface area (Å²) in [5.74, 6) is -0.0929. The van der Waals surface area contributed by atoms with Gasteiger partial charge in [-0.1, -0.05) is 107 Å². The average molecular weight is 350 g/mol. The van der Waals surface area contributed by atoms with Gasteiger partial charge in [0.2, 0.25) is 0 Å². The highest BCUT2D eigenvalue weighted by atomic mass is 35.5. The molecule has 0 unspecified atom stereocenters. The Morgan fingerprint density at radius 1 is 0.625 bits per heavy atom. The fourth-order valence-electron chi connectivity index (χ4n) is 3.40. The molecule has 0 aliphatic rings. The minimum atomic E-state index is -2.40. The Balaban J connectivity index is 2.37. The van der Waals surface area contributed by atoms with E-state index in [0.29, 0.717) is 0 Å². The second kappa shape index (κ2) is 7.39. The lowest BCUT2D eigenvalue weighted by Crippen LogP contribution is -2.77. The highest BCUT2D eigenvalue weighted by Gasteiger charge is 2.49. The average Bonchev–Trinajstić information content (AvgIpc) is 2.65. The van der Waals surface area contributed by atoms with Crippen molar-refractivity contribution in [3.05, 3.63) is 91.0 Å². The van der Waals surface area contributed by atoms with Crippen molar-refractivity contribution in [2.75, 3.05) is 14.1 Å². The smallest absolute Gasteiger partial charge is 0.332 e. The van der Waals surface area contributed by atoms with Crippen LogP contribution in [0.15, 0.2) is 91.0 Å². The number of hydrogen-bond donors (Lipinski definition) is 0. The molecule has 0 saturated carbocycles. The lowest BCUT2D eigenvalue weighted by molar-refractivity contribution is 0.666. The molecule has 0 fully saturated rings. The van der Waals surface area contributed by atoms with Crippen LogP contribution in [0.3, 0.4) is 0 Å². The number of halogens is 1. The molecule has 3 rings (SSSR count). The normalized spacial score (nSPS) is 11.5. The van der Waals surface area contributed by atoms with Gasteiger partial charge in [0.15, 0.2) is 7.94 Å². The maximum Gasteiger partial charge on any atom is 0.332 e. The summed E-state index contributed by atoms with van der Waals surface area (Å²) in [6.07, 6.45) is 0. The predicted octanol–water partition coefficient (Wildman–Crippen LogP) is 2.52. The van der Waals surface area contributed by atoms with Crippen molar-refractivity contribution in [3.63, 3.8) is 0 Å². The van der Waals surface area contributed by atoms with Gasteiger partial charge in [-0.3, -0.25) is 0 Å². The molecule has 0 amide bonds. The van der Waals surface area contributed by atoms with E-state index in [-0.39, 0.29) is 5.86 Å². The zero-order chi connectivity index (χ0) is 17.0. The molecule has 0 saturated heterocycles. The molecule has 0 bridgehead atoms. The van der Waals surface area contributed by atoms with Crippen molar-refractivity contribution in [2.45, 2.75) is 0 Å². The molecule has 1 nitrogen and oxygen atoms in total. The maximum absolute atomic E-state index is 7.13. The van der Waals surface area contributed by atoms with Crippen molar-refractivity contribution < 1.29 is 0 Å². The molecule has 0 aromatic heterocycles. The Kier molecular flexibility index (Phi) is 5.24. The van der Waals surface area contributed by atoms with E-state index in [4.69, 9.17) is 11.5 Å². The number of nitrogens with zero attached hydrogens (tertiary/aromatic N) is 1. The first kappa shape index (κ1) is 17.0. The van der Waals surface area contributed by atoms with E-state index in [1.54, 1.807) is 0 Å². The van der Waals surface area contributed by atoms with Crippen molar-refractivity contribution in [2.24, 2.45) is 0 Å². The largest absolute Gasteiger partial charge is 0.336 e. The number of benzene rings is 3. The molecular weight excluding hydrogens is 329 g/mol. The van der Waals surface area contributed by atoms with Gasteiger partial charge in [0.05, 0.1) is 0 Å². The van der Waals surface area contributed by atoms with E-state index in [1.807, 2.05) is 0 Å². The Morgan fingerprint density at radius 3 is 1.17 bits per heavy atom. The van der Waals surface area contributed by atoms with Crippen LogP contribution < -0.4 is 15.6 Å². The van der Waals surface area contributed by atoms with E-state index in [9.17, 15) is 0 Å². The van der Waals surface area contributed by atoms with Crippen LogP contribution in [0.4, 0.5) is 0 Å². The third-order valence-electron chi connectivity index (χ3n) is 4.50. The van der Waals surface area contributed by atoms with Crippen molar-refractivity contribution in [1.29, 1.82) is 0 Å². The number of rotatable bonds is 5. The van der Waals surface area contributed by atoms with Gasteiger partial charge in [-0.05, 0) is 14.1 Å². The van der Waals surface area contributed by atoms with Crippen LogP contribution >= 0.6 is 11.5 Å². The Labute approximate surface area is 150 Å². The van der Waals surface area contributed by atoms with Gasteiger partial charge < -0.3 is 4.81 Å². The lowest BCUT2D eigenvalue weighted by atomic mass is 10.3. The topological polar surface area (TPSA) is 3.24 Å². The van der Waals surface area contributed by atoms with Crippen LogP contribution in [-0.4, -0.2) is 32.7 Å². The molecule has 3 aromatic rings. The van der Waals surface area contributed by atoms with Crippen LogP contribution in [0.1, 0.15) is 0 Å². The summed E-state index contributed by atoms with van der Waals surface area (Å²) in [6.45, 7) is 0. The molecule has 24 heavy (non-hydrogen) atoms. The quantitative estimate of drug-likeness (QED) is 0.505. The van der Waals surface area contributed by atoms with Crippen molar-refractivity contribution >= 4 is 40.8 Å². The summed E-state index contributed by atoms with van der Waals surface area (Å²) in [5.41, 5.74) is 0. The van der Waals surface area contributed by atoms with Gasteiger partial charge in [0, 0.05) is 0 Å². The number of hydrogen-bond acceptors (Lipinski definition) is 1. The van der Waals surface area contributed by atoms with E-state index in [1.165, 1.54) is 15.6 Å². The molecule has 120 valence electrons. The summed E-state index contributed by atoms with van der Waals surface area (Å²) < 4.78 is 0. The minimum absolute atomic E-state index is 0.0929. The van der Waals surface area contributed by atoms with Gasteiger partial charge >= 0.3 is 5.86 Å². The first-order valence-corrected chi connectivity index (χ1v) is 10.7. The molecule has 0 radical (unpaired) electrons. The standard InChI is InChI=1S/C20H21BClNSi/c1-23(2)21(22)24(18-12-6-3-7-13-18,19-14-8-4-9-15-19)20-16-10-5-11-17-20/h3-17H,1-2H3. The predicted molar refractivity (Wildman–Crippen MR) is 109 cm³/mol. The maximum atomic E-state index is 7.13. The summed E-state index contributed by atoms with van der Waals surface area (Å²) in [7, 11) is 1.73. The van der Waals surface area contributed by atoms with Crippen LogP contribution in [0.5, 0.6) is 0 Å². The van der Waals surface area contributed by atoms with Crippen LogP contribution in [0.2, 0.25) is 0 Å². The van der Waals surface area contributed by atoms with Crippen LogP contribution in [-0.2, 0) is 0 Å². The van der Waals surface area contributed by atoms with Gasteiger partial charge in [-0.2, -0.15) is 11.5 Å². The molecule has 0 N–H and O–H groups in total. The molecule has 0 spiro atoms. The van der Waals surface area contributed by atoms with Gasteiger partial charge in [0.25, 0.3) is 0 Å². The van der Waals surface area contributed by atoms with Gasteiger partial charge in [-0.25, -0.2) is 0 Å². The first-order chi connectivity index (χ1) is 11.7. The first-order valence-electron chi connectivity index (χ1n) is 8.14. The van der Waals surface area contributed by atoms with Gasteiger partial charge in [0.1, 0.15) is 0 Å². The van der Waals surface area contributed by atoms with E-state index >= 15 is 0 Å². The zero-order valence-corrected chi connectivity index (χ0v) is 15.8. The van der Waals surface area contributed by atoms with Crippen molar-refractivity contribution in [3.8, 4) is 0 Å². The Hall–Kier alpha value is -1.81. The fourth-order valence-corrected chi connectivity index (χ4v) is 9.29. The highest BCUT2D eigenvalue weighted by Crippen LogP contribution is 2.15. The lowest BCUT2D eigenvalue weighted by Gasteiger charge is -2.38. The van der Waals surface area contributed by atoms with E-state index in [2.05, 4.69) is 110 Å². The summed E-state index contributed by atoms with van der Waals surface area (Å²) in [5, 5.41) is 3.99. The van der Waals surface area contributed by atoms with Gasteiger partial charge in [-0.15, -0.1) is 0 Å². The van der Waals surface area contributed by atoms with E-state index < -0.39 is 7.94 Å². The van der Waals surface area contributed by atoms with Crippen LogP contribution in [0.25, 0.3) is 0 Å². The minimum Gasteiger partial charge on any atom is -0.336 e. The zero-order valence-electron chi connectivity index (χ0n) is 14.1. The summed E-state index contributed by atoms with van der Waals surface area (Å²) in [4.78, 5) is 2.14.